The van der Waals surface area contributed by atoms with Crippen LogP contribution in [0.1, 0.15) is 36.6 Å². The fourth-order valence-corrected chi connectivity index (χ4v) is 2.79. The van der Waals surface area contributed by atoms with Crippen LogP contribution >= 0.6 is 11.6 Å². The van der Waals surface area contributed by atoms with Gasteiger partial charge in [0.2, 0.25) is 0 Å². The summed E-state index contributed by atoms with van der Waals surface area (Å²) in [6, 6.07) is 9.16. The lowest BCUT2D eigenvalue weighted by Gasteiger charge is -2.18. The van der Waals surface area contributed by atoms with Gasteiger partial charge in [-0.3, -0.25) is 15.0 Å². The summed E-state index contributed by atoms with van der Waals surface area (Å²) in [6.07, 6.45) is -1.09. The van der Waals surface area contributed by atoms with Gasteiger partial charge in [-0.2, -0.15) is 0 Å². The van der Waals surface area contributed by atoms with Gasteiger partial charge in [0, 0.05) is 37.3 Å². The molecule has 5 N–H and O–H groups in total. The van der Waals surface area contributed by atoms with Crippen molar-refractivity contribution in [2.24, 2.45) is 5.73 Å². The minimum Gasteiger partial charge on any atom is -0.497 e. The minimum atomic E-state index is -1.09. The molecule has 8 nitrogen and oxygen atoms in total. The average Bonchev–Trinajstić information content (AvgIpc) is 2.69. The molecule has 0 aromatic heterocycles. The van der Waals surface area contributed by atoms with Crippen LogP contribution in [0.15, 0.2) is 36.4 Å². The Morgan fingerprint density at radius 2 is 1.94 bits per heavy atom. The van der Waals surface area contributed by atoms with E-state index in [1.165, 1.54) is 19.2 Å². The molecular formula is C21H25ClFN3O5. The number of hydrogen-bond acceptors (Lipinski definition) is 5. The summed E-state index contributed by atoms with van der Waals surface area (Å²) in [7, 11) is 1.43. The number of amidine groups is 1. The normalized spacial score (nSPS) is 11.0. The zero-order valence-corrected chi connectivity index (χ0v) is 18.1. The van der Waals surface area contributed by atoms with Crippen molar-refractivity contribution < 1.29 is 28.6 Å². The van der Waals surface area contributed by atoms with Crippen molar-refractivity contribution in [3.63, 3.8) is 0 Å². The molecular weight excluding hydrogens is 429 g/mol. The summed E-state index contributed by atoms with van der Waals surface area (Å²) < 4.78 is 24.7. The van der Waals surface area contributed by atoms with Crippen LogP contribution in [0.2, 0.25) is 5.02 Å². The molecule has 0 spiro atoms. The number of benzene rings is 2. The zero-order chi connectivity index (χ0) is 23.6. The first kappa shape index (κ1) is 25.9. The summed E-state index contributed by atoms with van der Waals surface area (Å²) >= 11 is 6.08. The second kappa shape index (κ2) is 12.5. The van der Waals surface area contributed by atoms with Gasteiger partial charge in [-0.25, -0.2) is 4.39 Å². The number of nitrogens with two attached hydrogens (primary N) is 1. The molecule has 2 aromatic carbocycles. The molecule has 1 atom stereocenters. The molecule has 0 aliphatic carbocycles. The molecule has 2 aromatic rings. The largest absolute Gasteiger partial charge is 0.497 e. The molecule has 0 saturated carbocycles. The van der Waals surface area contributed by atoms with Crippen molar-refractivity contribution >= 4 is 29.3 Å². The van der Waals surface area contributed by atoms with Crippen molar-refractivity contribution in [2.45, 2.75) is 26.5 Å². The number of halogens is 2. The number of carboxylic acids is 1. The van der Waals surface area contributed by atoms with E-state index in [9.17, 15) is 9.18 Å². The third-order valence-electron chi connectivity index (χ3n) is 3.85. The van der Waals surface area contributed by atoms with Crippen molar-refractivity contribution in [1.29, 1.82) is 5.41 Å². The summed E-state index contributed by atoms with van der Waals surface area (Å²) in [5.74, 6) is -1.68. The number of hydrogen-bond donors (Lipinski definition) is 4. The third kappa shape index (κ3) is 8.23. The fraction of sp³-hybridized carbons (Fsp3) is 0.286. The molecule has 0 aliphatic heterocycles. The SMILES string of the molecule is CC(=O)O.CCOC(C(=O)NCc1ccc(C(=N)N)c(Cl)c1)c1ccc(OC)cc1F. The van der Waals surface area contributed by atoms with Crippen LogP contribution in [0.5, 0.6) is 5.75 Å². The van der Waals surface area contributed by atoms with Gasteiger partial charge < -0.3 is 25.6 Å². The Hall–Kier alpha value is -3.17. The molecule has 0 saturated heterocycles. The predicted octanol–water partition coefficient (Wildman–Crippen LogP) is 3.26. The molecule has 0 heterocycles. The minimum absolute atomic E-state index is 0.125. The number of amides is 1. The van der Waals surface area contributed by atoms with E-state index in [-0.39, 0.29) is 24.6 Å². The monoisotopic (exact) mass is 453 g/mol. The van der Waals surface area contributed by atoms with Crippen LogP contribution < -0.4 is 15.8 Å². The maximum Gasteiger partial charge on any atom is 0.300 e. The standard InChI is InChI=1S/C19H21ClFN3O3.C2H4O2/c1-3-27-17(14-7-5-12(26-2)9-16(14)21)19(25)24-10-11-4-6-13(18(22)23)15(20)8-11;1-2(3)4/h4-9,17H,3,10H2,1-2H3,(H3,22,23)(H,24,25);1H3,(H,3,4). The number of carbonyl (C=O) groups is 2. The number of nitrogens with one attached hydrogen (secondary N) is 2. The van der Waals surface area contributed by atoms with E-state index in [0.717, 1.165) is 6.92 Å². The Balaban J connectivity index is 0.00000110. The number of aliphatic carboxylic acids is 1. The second-order valence-corrected chi connectivity index (χ2v) is 6.59. The molecule has 0 radical (unpaired) electrons. The smallest absolute Gasteiger partial charge is 0.300 e. The van der Waals surface area contributed by atoms with Gasteiger partial charge >= 0.3 is 0 Å². The lowest BCUT2D eigenvalue weighted by Crippen LogP contribution is -2.31. The van der Waals surface area contributed by atoms with E-state index < -0.39 is 23.8 Å². The van der Waals surface area contributed by atoms with Gasteiger partial charge in [0.05, 0.1) is 12.1 Å². The number of carbonyl (C=O) groups excluding carboxylic acids is 1. The van der Waals surface area contributed by atoms with E-state index in [4.69, 9.17) is 42.1 Å². The summed E-state index contributed by atoms with van der Waals surface area (Å²) in [5, 5.41) is 17.9. The van der Waals surface area contributed by atoms with E-state index in [1.54, 1.807) is 31.2 Å². The molecule has 0 fully saturated rings. The molecule has 0 aliphatic rings. The topological polar surface area (TPSA) is 135 Å². The molecule has 2 rings (SSSR count). The van der Waals surface area contributed by atoms with Crippen molar-refractivity contribution in [3.05, 3.63) is 63.9 Å². The quantitative estimate of drug-likeness (QED) is 0.358. The van der Waals surface area contributed by atoms with Gasteiger partial charge in [0.1, 0.15) is 17.4 Å². The Bertz CT molecular complexity index is 935. The fourth-order valence-electron chi connectivity index (χ4n) is 2.49. The Morgan fingerprint density at radius 3 is 2.42 bits per heavy atom. The van der Waals surface area contributed by atoms with E-state index in [1.807, 2.05) is 0 Å². The van der Waals surface area contributed by atoms with Crippen molar-refractivity contribution in [2.75, 3.05) is 13.7 Å². The Kier molecular flexibility index (Phi) is 10.4. The van der Waals surface area contributed by atoms with Gasteiger partial charge in [-0.15, -0.1) is 0 Å². The summed E-state index contributed by atoms with van der Waals surface area (Å²) in [4.78, 5) is 21.6. The number of carboxylic acid groups (broad SMARTS) is 1. The zero-order valence-electron chi connectivity index (χ0n) is 17.4. The maximum atomic E-state index is 14.3. The van der Waals surface area contributed by atoms with Crippen LogP contribution in [-0.4, -0.2) is 36.5 Å². The van der Waals surface area contributed by atoms with Crippen LogP contribution in [0.3, 0.4) is 0 Å². The highest BCUT2D eigenvalue weighted by atomic mass is 35.5. The highest BCUT2D eigenvalue weighted by molar-refractivity contribution is 6.34. The lowest BCUT2D eigenvalue weighted by molar-refractivity contribution is -0.134. The van der Waals surface area contributed by atoms with Crippen LogP contribution in [0.25, 0.3) is 0 Å². The second-order valence-electron chi connectivity index (χ2n) is 6.19. The first-order valence-corrected chi connectivity index (χ1v) is 9.53. The maximum absolute atomic E-state index is 14.3. The van der Waals surface area contributed by atoms with E-state index >= 15 is 0 Å². The number of methoxy groups -OCH3 is 1. The van der Waals surface area contributed by atoms with Gasteiger partial charge in [-0.1, -0.05) is 17.7 Å². The lowest BCUT2D eigenvalue weighted by atomic mass is 10.1. The molecule has 1 amide bonds. The molecule has 10 heteroatoms. The highest BCUT2D eigenvalue weighted by Crippen LogP contribution is 2.25. The molecule has 0 bridgehead atoms. The average molecular weight is 454 g/mol. The molecule has 1 unspecified atom stereocenters. The number of nitrogen functional groups attached to an aromatic ring is 1. The molecule has 31 heavy (non-hydrogen) atoms. The predicted molar refractivity (Wildman–Crippen MR) is 115 cm³/mol. The third-order valence-corrected chi connectivity index (χ3v) is 4.16. The number of rotatable bonds is 8. The van der Waals surface area contributed by atoms with Gasteiger partial charge in [0.25, 0.3) is 11.9 Å². The Labute approximate surface area is 184 Å². The summed E-state index contributed by atoms with van der Waals surface area (Å²) in [6.45, 7) is 3.21. The summed E-state index contributed by atoms with van der Waals surface area (Å²) in [5.41, 5.74) is 6.68. The van der Waals surface area contributed by atoms with E-state index in [2.05, 4.69) is 5.32 Å². The van der Waals surface area contributed by atoms with Crippen LogP contribution in [-0.2, 0) is 20.9 Å². The first-order valence-electron chi connectivity index (χ1n) is 9.15. The van der Waals surface area contributed by atoms with Crippen LogP contribution in [0.4, 0.5) is 4.39 Å². The highest BCUT2D eigenvalue weighted by Gasteiger charge is 2.24. The number of ether oxygens (including phenoxy) is 2. The van der Waals surface area contributed by atoms with Crippen molar-refractivity contribution in [1.82, 2.24) is 5.32 Å². The first-order chi connectivity index (χ1) is 14.6. The Morgan fingerprint density at radius 1 is 1.29 bits per heavy atom. The van der Waals surface area contributed by atoms with Gasteiger partial charge in [0.15, 0.2) is 6.10 Å². The molecule has 168 valence electrons. The van der Waals surface area contributed by atoms with Crippen LogP contribution in [0, 0.1) is 11.2 Å². The van der Waals surface area contributed by atoms with Gasteiger partial charge in [-0.05, 0) is 36.8 Å². The van der Waals surface area contributed by atoms with Crippen molar-refractivity contribution in [3.8, 4) is 5.75 Å². The van der Waals surface area contributed by atoms with E-state index in [0.29, 0.717) is 21.9 Å².